The molecule has 1 aromatic heterocycles. The summed E-state index contributed by atoms with van der Waals surface area (Å²) in [6, 6.07) is 3.40. The van der Waals surface area contributed by atoms with Gasteiger partial charge in [0.15, 0.2) is 5.69 Å². The first-order valence-electron chi connectivity index (χ1n) is 7.87. The van der Waals surface area contributed by atoms with Gasteiger partial charge in [0.25, 0.3) is 5.91 Å². The summed E-state index contributed by atoms with van der Waals surface area (Å²) in [4.78, 5) is 30.0. The van der Waals surface area contributed by atoms with Gasteiger partial charge in [-0.25, -0.2) is 4.98 Å². The summed E-state index contributed by atoms with van der Waals surface area (Å²) in [5, 5.41) is 12.4. The van der Waals surface area contributed by atoms with Gasteiger partial charge in [-0.2, -0.15) is 0 Å². The third kappa shape index (κ3) is 3.05. The molecule has 0 bridgehead atoms. The van der Waals surface area contributed by atoms with E-state index in [1.165, 1.54) is 25.1 Å². The molecule has 118 valence electrons. The first-order chi connectivity index (χ1) is 10.6. The van der Waals surface area contributed by atoms with Crippen molar-refractivity contribution in [2.45, 2.75) is 38.1 Å². The summed E-state index contributed by atoms with van der Waals surface area (Å²) < 4.78 is 0. The Morgan fingerprint density at radius 3 is 2.91 bits per heavy atom. The predicted molar refractivity (Wildman–Crippen MR) is 80.3 cm³/mol. The van der Waals surface area contributed by atoms with Crippen molar-refractivity contribution >= 4 is 11.8 Å². The third-order valence-corrected chi connectivity index (χ3v) is 4.56. The van der Waals surface area contributed by atoms with Gasteiger partial charge in [0.1, 0.15) is 5.75 Å². The molecule has 2 N–H and O–H groups in total. The number of pyridine rings is 1. The van der Waals surface area contributed by atoms with Gasteiger partial charge in [-0.3, -0.25) is 9.59 Å². The largest absolute Gasteiger partial charge is 0.505 e. The van der Waals surface area contributed by atoms with Crippen molar-refractivity contribution in [3.63, 3.8) is 0 Å². The van der Waals surface area contributed by atoms with Gasteiger partial charge in [0, 0.05) is 37.7 Å². The Hall–Kier alpha value is -2.11. The van der Waals surface area contributed by atoms with E-state index >= 15 is 0 Å². The highest BCUT2D eigenvalue weighted by Gasteiger charge is 2.35. The van der Waals surface area contributed by atoms with Gasteiger partial charge in [0.05, 0.1) is 0 Å². The van der Waals surface area contributed by atoms with Gasteiger partial charge in [0.2, 0.25) is 5.91 Å². The van der Waals surface area contributed by atoms with E-state index in [1.54, 1.807) is 6.07 Å². The number of hydrogen-bond acceptors (Lipinski definition) is 4. The fraction of sp³-hybridized carbons (Fsp3) is 0.562. The van der Waals surface area contributed by atoms with Crippen LogP contribution in [-0.2, 0) is 4.79 Å². The molecule has 2 aliphatic rings. The normalized spacial score (nSPS) is 22.3. The summed E-state index contributed by atoms with van der Waals surface area (Å²) in [6.45, 7) is 1.15. The van der Waals surface area contributed by atoms with E-state index < -0.39 is 5.91 Å². The summed E-state index contributed by atoms with van der Waals surface area (Å²) >= 11 is 0. The number of rotatable bonds is 4. The second-order valence-electron chi connectivity index (χ2n) is 6.14. The average Bonchev–Trinajstić information content (AvgIpc) is 3.14. The van der Waals surface area contributed by atoms with Crippen molar-refractivity contribution in [3.05, 3.63) is 24.0 Å². The van der Waals surface area contributed by atoms with Crippen LogP contribution in [0.1, 0.15) is 42.6 Å². The molecule has 2 heterocycles. The molecule has 0 unspecified atom stereocenters. The molecule has 1 aliphatic carbocycles. The molecule has 1 saturated heterocycles. The number of amides is 2. The van der Waals surface area contributed by atoms with Gasteiger partial charge in [-0.05, 0) is 25.0 Å². The Morgan fingerprint density at radius 2 is 2.18 bits per heavy atom. The second-order valence-corrected chi connectivity index (χ2v) is 6.14. The molecule has 6 heteroatoms. The molecule has 2 amide bonds. The van der Waals surface area contributed by atoms with Crippen LogP contribution in [0.15, 0.2) is 18.3 Å². The van der Waals surface area contributed by atoms with Gasteiger partial charge in [-0.1, -0.05) is 12.8 Å². The maximum Gasteiger partial charge on any atom is 0.273 e. The molecule has 2 fully saturated rings. The zero-order valence-electron chi connectivity index (χ0n) is 12.5. The molecule has 1 saturated carbocycles. The van der Waals surface area contributed by atoms with Crippen molar-refractivity contribution in [2.75, 3.05) is 13.1 Å². The zero-order valence-corrected chi connectivity index (χ0v) is 12.5. The predicted octanol–water partition coefficient (Wildman–Crippen LogP) is 1.31. The molecular formula is C16H21N3O3. The average molecular weight is 303 g/mol. The van der Waals surface area contributed by atoms with E-state index in [2.05, 4.69) is 10.3 Å². The molecule has 0 radical (unpaired) electrons. The number of likely N-dealkylation sites (tertiary alicyclic amines) is 1. The number of aromatic hydroxyl groups is 1. The summed E-state index contributed by atoms with van der Waals surface area (Å²) in [5.41, 5.74) is 0.0273. The molecule has 1 aromatic rings. The molecule has 22 heavy (non-hydrogen) atoms. The van der Waals surface area contributed by atoms with E-state index in [4.69, 9.17) is 0 Å². The van der Waals surface area contributed by atoms with Crippen LogP contribution in [0.5, 0.6) is 5.75 Å². The minimum absolute atomic E-state index is 0.0273. The lowest BCUT2D eigenvalue weighted by Crippen LogP contribution is -2.36. The number of hydrogen-bond donors (Lipinski definition) is 2. The van der Waals surface area contributed by atoms with Crippen LogP contribution >= 0.6 is 0 Å². The maximum atomic E-state index is 12.1. The lowest BCUT2D eigenvalue weighted by Gasteiger charge is -2.24. The Balaban J connectivity index is 1.53. The van der Waals surface area contributed by atoms with E-state index in [-0.39, 0.29) is 23.3 Å². The first kappa shape index (κ1) is 14.8. The maximum absolute atomic E-state index is 12.1. The third-order valence-electron chi connectivity index (χ3n) is 4.56. The van der Waals surface area contributed by atoms with Crippen LogP contribution in [0.3, 0.4) is 0 Å². The van der Waals surface area contributed by atoms with E-state index in [9.17, 15) is 14.7 Å². The number of carbonyl (C=O) groups is 2. The number of nitrogens with zero attached hydrogens (tertiary/aromatic N) is 2. The van der Waals surface area contributed by atoms with Crippen molar-refractivity contribution in [1.82, 2.24) is 15.2 Å². The number of carbonyl (C=O) groups excluding carboxylic acids is 2. The number of aromatic nitrogens is 1. The quantitative estimate of drug-likeness (QED) is 0.878. The summed E-state index contributed by atoms with van der Waals surface area (Å²) in [5.74, 6) is -0.185. The number of nitrogens with one attached hydrogen (secondary N) is 1. The van der Waals surface area contributed by atoms with Crippen LogP contribution in [0, 0.1) is 5.92 Å². The van der Waals surface area contributed by atoms with Crippen molar-refractivity contribution in [2.24, 2.45) is 5.92 Å². The smallest absolute Gasteiger partial charge is 0.273 e. The van der Waals surface area contributed by atoms with E-state index in [1.807, 2.05) is 4.90 Å². The van der Waals surface area contributed by atoms with E-state index in [0.717, 1.165) is 19.4 Å². The topological polar surface area (TPSA) is 82.5 Å². The van der Waals surface area contributed by atoms with Crippen LogP contribution in [0.4, 0.5) is 0 Å². The molecular weight excluding hydrogens is 282 g/mol. The van der Waals surface area contributed by atoms with Crippen LogP contribution in [-0.4, -0.2) is 45.9 Å². The lowest BCUT2D eigenvalue weighted by atomic mass is 10.1. The molecule has 0 aromatic carbocycles. The first-order valence-corrected chi connectivity index (χ1v) is 7.87. The molecule has 6 nitrogen and oxygen atoms in total. The Bertz CT molecular complexity index is 570. The standard InChI is InChI=1S/C16H21N3O3/c20-13-6-3-7-17-15(13)16(22)18-9-11-8-14(21)19(10-11)12-4-1-2-5-12/h3,6-7,11-12,20H,1-2,4-5,8-10H2,(H,18,22)/t11-/m1/s1. The van der Waals surface area contributed by atoms with Crippen molar-refractivity contribution in [3.8, 4) is 5.75 Å². The Labute approximate surface area is 129 Å². The second kappa shape index (κ2) is 6.34. The molecule has 1 aliphatic heterocycles. The Morgan fingerprint density at radius 1 is 1.41 bits per heavy atom. The monoisotopic (exact) mass is 303 g/mol. The molecule has 3 rings (SSSR count). The molecule has 1 atom stereocenters. The van der Waals surface area contributed by atoms with Gasteiger partial charge >= 0.3 is 0 Å². The van der Waals surface area contributed by atoms with Gasteiger partial charge in [-0.15, -0.1) is 0 Å². The van der Waals surface area contributed by atoms with Crippen molar-refractivity contribution in [1.29, 1.82) is 0 Å². The highest BCUT2D eigenvalue weighted by Crippen LogP contribution is 2.29. The van der Waals surface area contributed by atoms with Crippen molar-refractivity contribution < 1.29 is 14.7 Å². The van der Waals surface area contributed by atoms with Crippen LogP contribution in [0.25, 0.3) is 0 Å². The molecule has 0 spiro atoms. The lowest BCUT2D eigenvalue weighted by molar-refractivity contribution is -0.129. The van der Waals surface area contributed by atoms with Crippen LogP contribution < -0.4 is 5.32 Å². The summed E-state index contributed by atoms with van der Waals surface area (Å²) in [7, 11) is 0. The fourth-order valence-electron chi connectivity index (χ4n) is 3.41. The van der Waals surface area contributed by atoms with E-state index in [0.29, 0.717) is 19.0 Å². The highest BCUT2D eigenvalue weighted by molar-refractivity contribution is 5.94. The fourth-order valence-corrected chi connectivity index (χ4v) is 3.41. The SMILES string of the molecule is O=C(NC[C@H]1CC(=O)N(C2CCCC2)C1)c1ncccc1O. The Kier molecular flexibility index (Phi) is 4.27. The minimum atomic E-state index is -0.398. The zero-order chi connectivity index (χ0) is 15.5. The summed E-state index contributed by atoms with van der Waals surface area (Å²) in [6.07, 6.45) is 6.57. The van der Waals surface area contributed by atoms with Gasteiger partial charge < -0.3 is 15.3 Å². The highest BCUT2D eigenvalue weighted by atomic mass is 16.3. The minimum Gasteiger partial charge on any atom is -0.505 e. The van der Waals surface area contributed by atoms with Crippen LogP contribution in [0.2, 0.25) is 0 Å².